The molecule has 7 nitrogen and oxygen atoms in total. The molecule has 0 saturated carbocycles. The first-order valence-electron chi connectivity index (χ1n) is 11.0. The Labute approximate surface area is 190 Å². The van der Waals surface area contributed by atoms with Crippen LogP contribution in [0.1, 0.15) is 12.5 Å². The molecule has 0 saturated heterocycles. The molecule has 168 valence electrons. The summed E-state index contributed by atoms with van der Waals surface area (Å²) >= 11 is 0. The summed E-state index contributed by atoms with van der Waals surface area (Å²) in [6.07, 6.45) is 1.80. The van der Waals surface area contributed by atoms with Crippen LogP contribution < -0.4 is 14.8 Å². The number of hydrogen-bond donors (Lipinski definition) is 1. The molecule has 2 amide bonds. The Hall–Kier alpha value is -4.00. The number of nitrogens with one attached hydrogen (secondary N) is 1. The van der Waals surface area contributed by atoms with E-state index in [9.17, 15) is 9.59 Å². The van der Waals surface area contributed by atoms with Crippen molar-refractivity contribution in [3.05, 3.63) is 66.4 Å². The summed E-state index contributed by atoms with van der Waals surface area (Å²) in [5.74, 6) is 0.848. The SMILES string of the molecule is CCN(CC(=O)Nc1ccc2c(c1)OCCO2)C(=O)Cc1coc2ccc3ccccc3c12. The maximum atomic E-state index is 13.1. The molecule has 4 aromatic rings. The van der Waals surface area contributed by atoms with Gasteiger partial charge in [0.05, 0.1) is 19.2 Å². The van der Waals surface area contributed by atoms with Gasteiger partial charge in [0, 0.05) is 29.2 Å². The van der Waals surface area contributed by atoms with Crippen molar-refractivity contribution >= 4 is 39.2 Å². The quantitative estimate of drug-likeness (QED) is 0.477. The molecular weight excluding hydrogens is 420 g/mol. The van der Waals surface area contributed by atoms with Crippen molar-refractivity contribution in [3.63, 3.8) is 0 Å². The third-order valence-corrected chi connectivity index (χ3v) is 5.78. The van der Waals surface area contributed by atoms with Gasteiger partial charge >= 0.3 is 0 Å². The second-order valence-corrected chi connectivity index (χ2v) is 7.91. The van der Waals surface area contributed by atoms with Crippen LogP contribution in [0.3, 0.4) is 0 Å². The minimum absolute atomic E-state index is 0.0414. The summed E-state index contributed by atoms with van der Waals surface area (Å²) in [5, 5.41) is 5.92. The highest BCUT2D eigenvalue weighted by Gasteiger charge is 2.20. The Balaban J connectivity index is 1.29. The van der Waals surface area contributed by atoms with Gasteiger partial charge in [-0.2, -0.15) is 0 Å². The molecule has 2 heterocycles. The Morgan fingerprint density at radius 3 is 2.67 bits per heavy atom. The summed E-state index contributed by atoms with van der Waals surface area (Å²) in [7, 11) is 0. The number of furan rings is 1. The predicted octanol–water partition coefficient (Wildman–Crippen LogP) is 4.39. The zero-order valence-corrected chi connectivity index (χ0v) is 18.3. The van der Waals surface area contributed by atoms with Gasteiger partial charge in [0.1, 0.15) is 18.8 Å². The number of likely N-dealkylation sites (N-methyl/N-ethyl adjacent to an activating group) is 1. The van der Waals surface area contributed by atoms with E-state index in [0.29, 0.717) is 36.9 Å². The molecule has 0 aliphatic carbocycles. The molecule has 0 bridgehead atoms. The highest BCUT2D eigenvalue weighted by Crippen LogP contribution is 2.33. The summed E-state index contributed by atoms with van der Waals surface area (Å²) in [6, 6.07) is 17.2. The molecule has 33 heavy (non-hydrogen) atoms. The van der Waals surface area contributed by atoms with E-state index in [-0.39, 0.29) is 24.8 Å². The zero-order valence-electron chi connectivity index (χ0n) is 18.3. The Morgan fingerprint density at radius 1 is 1.00 bits per heavy atom. The lowest BCUT2D eigenvalue weighted by atomic mass is 10.0. The third-order valence-electron chi connectivity index (χ3n) is 5.78. The van der Waals surface area contributed by atoms with E-state index >= 15 is 0 Å². The lowest BCUT2D eigenvalue weighted by molar-refractivity contribution is -0.133. The lowest BCUT2D eigenvalue weighted by Crippen LogP contribution is -2.38. The summed E-state index contributed by atoms with van der Waals surface area (Å²) in [4.78, 5) is 27.3. The number of fused-ring (bicyclic) bond motifs is 4. The van der Waals surface area contributed by atoms with Crippen molar-refractivity contribution in [2.24, 2.45) is 0 Å². The second kappa shape index (κ2) is 8.86. The van der Waals surface area contributed by atoms with Crippen molar-refractivity contribution in [1.29, 1.82) is 0 Å². The van der Waals surface area contributed by atoms with Crippen molar-refractivity contribution in [2.75, 3.05) is 31.6 Å². The lowest BCUT2D eigenvalue weighted by Gasteiger charge is -2.21. The molecule has 7 heteroatoms. The number of rotatable bonds is 6. The van der Waals surface area contributed by atoms with Gasteiger partial charge in [-0.05, 0) is 35.9 Å². The van der Waals surface area contributed by atoms with Gasteiger partial charge in [-0.25, -0.2) is 0 Å². The minimum atomic E-state index is -0.274. The molecular formula is C26H24N2O5. The monoisotopic (exact) mass is 444 g/mol. The summed E-state index contributed by atoms with van der Waals surface area (Å²) in [5.41, 5.74) is 2.16. The van der Waals surface area contributed by atoms with Crippen molar-refractivity contribution in [3.8, 4) is 11.5 Å². The molecule has 1 aliphatic rings. The first-order valence-corrected chi connectivity index (χ1v) is 11.0. The van der Waals surface area contributed by atoms with Gasteiger partial charge in [0.15, 0.2) is 11.5 Å². The molecule has 5 rings (SSSR count). The Bertz CT molecular complexity index is 1340. The Kier molecular flexibility index (Phi) is 5.60. The molecule has 0 unspecified atom stereocenters. The summed E-state index contributed by atoms with van der Waals surface area (Å²) < 4.78 is 16.8. The van der Waals surface area contributed by atoms with E-state index < -0.39 is 0 Å². The molecule has 0 fully saturated rings. The molecule has 0 atom stereocenters. The standard InChI is InChI=1S/C26H24N2O5/c1-2-28(15-24(29)27-19-8-10-21-23(14-19)32-12-11-31-21)25(30)13-18-16-33-22-9-7-17-5-3-4-6-20(17)26(18)22/h3-10,14,16H,2,11-13,15H2,1H3,(H,27,29). The van der Waals surface area contributed by atoms with Crippen LogP contribution in [0.5, 0.6) is 11.5 Å². The average Bonchev–Trinajstić information content (AvgIpc) is 3.25. The van der Waals surface area contributed by atoms with Crippen LogP contribution in [-0.4, -0.2) is 43.0 Å². The summed E-state index contributed by atoms with van der Waals surface area (Å²) in [6.45, 7) is 3.22. The van der Waals surface area contributed by atoms with E-state index in [4.69, 9.17) is 13.9 Å². The van der Waals surface area contributed by atoms with E-state index in [1.807, 2.05) is 43.3 Å². The van der Waals surface area contributed by atoms with Gasteiger partial charge in [-0.1, -0.05) is 30.3 Å². The molecule has 1 N–H and O–H groups in total. The molecule has 0 radical (unpaired) electrons. The predicted molar refractivity (Wildman–Crippen MR) is 126 cm³/mol. The van der Waals surface area contributed by atoms with E-state index in [2.05, 4.69) is 5.32 Å². The number of carbonyl (C=O) groups excluding carboxylic acids is 2. The third kappa shape index (κ3) is 4.22. The van der Waals surface area contributed by atoms with Crippen LogP contribution in [-0.2, 0) is 16.0 Å². The number of benzene rings is 3. The zero-order chi connectivity index (χ0) is 22.8. The van der Waals surface area contributed by atoms with Crippen LogP contribution in [0.15, 0.2) is 65.3 Å². The maximum Gasteiger partial charge on any atom is 0.243 e. The first-order chi connectivity index (χ1) is 16.1. The van der Waals surface area contributed by atoms with Gasteiger partial charge in [-0.3, -0.25) is 9.59 Å². The van der Waals surface area contributed by atoms with E-state index in [1.54, 1.807) is 24.5 Å². The molecule has 1 aromatic heterocycles. The van der Waals surface area contributed by atoms with Crippen LogP contribution in [0, 0.1) is 0 Å². The molecule has 0 spiro atoms. The van der Waals surface area contributed by atoms with Crippen LogP contribution >= 0.6 is 0 Å². The topological polar surface area (TPSA) is 81.0 Å². The first kappa shape index (κ1) is 20.9. The Morgan fingerprint density at radius 2 is 1.82 bits per heavy atom. The van der Waals surface area contributed by atoms with Gasteiger partial charge in [0.25, 0.3) is 0 Å². The van der Waals surface area contributed by atoms with Crippen molar-refractivity contribution in [2.45, 2.75) is 13.3 Å². The highest BCUT2D eigenvalue weighted by atomic mass is 16.6. The fourth-order valence-corrected chi connectivity index (χ4v) is 4.15. The minimum Gasteiger partial charge on any atom is -0.486 e. The number of carbonyl (C=O) groups is 2. The largest absolute Gasteiger partial charge is 0.486 e. The van der Waals surface area contributed by atoms with Crippen LogP contribution in [0.25, 0.3) is 21.7 Å². The van der Waals surface area contributed by atoms with Gasteiger partial charge in [-0.15, -0.1) is 0 Å². The fraction of sp³-hybridized carbons (Fsp3) is 0.231. The second-order valence-electron chi connectivity index (χ2n) is 7.91. The number of nitrogens with zero attached hydrogens (tertiary/aromatic N) is 1. The molecule has 1 aliphatic heterocycles. The molecule has 3 aromatic carbocycles. The van der Waals surface area contributed by atoms with Crippen molar-refractivity contribution in [1.82, 2.24) is 4.90 Å². The van der Waals surface area contributed by atoms with E-state index in [1.165, 1.54) is 4.90 Å². The highest BCUT2D eigenvalue weighted by molar-refractivity contribution is 6.08. The van der Waals surface area contributed by atoms with Crippen molar-refractivity contribution < 1.29 is 23.5 Å². The number of ether oxygens (including phenoxy) is 2. The van der Waals surface area contributed by atoms with E-state index in [0.717, 1.165) is 27.3 Å². The van der Waals surface area contributed by atoms with Crippen LogP contribution in [0.2, 0.25) is 0 Å². The maximum absolute atomic E-state index is 13.1. The van der Waals surface area contributed by atoms with Gasteiger partial charge in [0.2, 0.25) is 11.8 Å². The average molecular weight is 444 g/mol. The number of amides is 2. The smallest absolute Gasteiger partial charge is 0.243 e. The van der Waals surface area contributed by atoms with Gasteiger partial charge < -0.3 is 24.1 Å². The fourth-order valence-electron chi connectivity index (χ4n) is 4.15. The van der Waals surface area contributed by atoms with Crippen LogP contribution in [0.4, 0.5) is 5.69 Å². The number of anilines is 1. The normalized spacial score (nSPS) is 12.6. The number of hydrogen-bond acceptors (Lipinski definition) is 5.